The molecule has 154 valence electrons. The van der Waals surface area contributed by atoms with E-state index in [1.807, 2.05) is 85.5 Å². The van der Waals surface area contributed by atoms with E-state index in [1.54, 1.807) is 0 Å². The first-order valence-corrected chi connectivity index (χ1v) is 10.5. The average Bonchev–Trinajstić information content (AvgIpc) is 2.74. The van der Waals surface area contributed by atoms with Crippen molar-refractivity contribution in [3.8, 4) is 5.75 Å². The molecular formula is C26H28N2O2. The zero-order valence-electron chi connectivity index (χ0n) is 17.8. The van der Waals surface area contributed by atoms with Crippen molar-refractivity contribution in [3.05, 3.63) is 95.6 Å². The van der Waals surface area contributed by atoms with Crippen LogP contribution in [0.15, 0.2) is 78.9 Å². The maximum atomic E-state index is 13.5. The molecule has 0 bridgehead atoms. The molecule has 4 nitrogen and oxygen atoms in total. The van der Waals surface area contributed by atoms with E-state index in [9.17, 15) is 4.79 Å². The van der Waals surface area contributed by atoms with Crippen molar-refractivity contribution in [2.45, 2.75) is 39.0 Å². The summed E-state index contributed by atoms with van der Waals surface area (Å²) in [6, 6.07) is 26.0. The fraction of sp³-hybridized carbons (Fsp3) is 0.269. The number of benzene rings is 3. The summed E-state index contributed by atoms with van der Waals surface area (Å²) in [6.45, 7) is 6.72. The molecule has 3 aromatic rings. The highest BCUT2D eigenvalue weighted by Crippen LogP contribution is 2.38. The number of fused-ring (bicyclic) bond motifs is 1. The van der Waals surface area contributed by atoms with Gasteiger partial charge in [-0.2, -0.15) is 0 Å². The van der Waals surface area contributed by atoms with Gasteiger partial charge in [0.2, 0.25) is 0 Å². The number of carbonyl (C=O) groups is 1. The van der Waals surface area contributed by atoms with Crippen molar-refractivity contribution in [1.29, 1.82) is 0 Å². The predicted molar refractivity (Wildman–Crippen MR) is 121 cm³/mol. The molecule has 0 aromatic heterocycles. The van der Waals surface area contributed by atoms with Gasteiger partial charge in [-0.15, -0.1) is 0 Å². The highest BCUT2D eigenvalue weighted by atomic mass is 16.5. The minimum atomic E-state index is -0.656. The molecule has 1 unspecified atom stereocenters. The molecule has 0 saturated carbocycles. The average molecular weight is 401 g/mol. The van der Waals surface area contributed by atoms with Crippen LogP contribution < -0.4 is 10.1 Å². The number of nitrogens with one attached hydrogen (secondary N) is 1. The van der Waals surface area contributed by atoms with E-state index in [0.717, 1.165) is 23.4 Å². The van der Waals surface area contributed by atoms with Crippen molar-refractivity contribution < 1.29 is 9.53 Å². The van der Waals surface area contributed by atoms with Crippen molar-refractivity contribution in [1.82, 2.24) is 4.90 Å². The largest absolute Gasteiger partial charge is 0.491 e. The third-order valence-corrected chi connectivity index (χ3v) is 5.58. The molecule has 1 heterocycles. The topological polar surface area (TPSA) is 41.6 Å². The molecule has 1 aliphatic rings. The molecule has 1 aliphatic heterocycles. The number of carbonyl (C=O) groups excluding carboxylic acids is 1. The van der Waals surface area contributed by atoms with Gasteiger partial charge >= 0.3 is 0 Å². The first kappa shape index (κ1) is 20.0. The second-order valence-electron chi connectivity index (χ2n) is 8.13. The summed E-state index contributed by atoms with van der Waals surface area (Å²) in [5, 5.41) is 3.63. The maximum absolute atomic E-state index is 13.5. The van der Waals surface area contributed by atoms with Gasteiger partial charge < -0.3 is 15.0 Å². The molecule has 1 N–H and O–H groups in total. The third kappa shape index (κ3) is 3.90. The van der Waals surface area contributed by atoms with Crippen molar-refractivity contribution in [2.75, 3.05) is 11.9 Å². The lowest BCUT2D eigenvalue weighted by atomic mass is 9.93. The summed E-state index contributed by atoms with van der Waals surface area (Å²) in [5.41, 5.74) is 3.16. The van der Waals surface area contributed by atoms with Crippen LogP contribution >= 0.6 is 0 Å². The highest BCUT2D eigenvalue weighted by Gasteiger charge is 2.42. The Kier molecular flexibility index (Phi) is 5.49. The van der Waals surface area contributed by atoms with E-state index in [-0.39, 0.29) is 12.0 Å². The molecule has 0 aliphatic carbocycles. The lowest BCUT2D eigenvalue weighted by Gasteiger charge is -2.47. The molecule has 0 radical (unpaired) electrons. The molecule has 0 fully saturated rings. The molecule has 3 aromatic carbocycles. The normalized spacial score (nSPS) is 18.1. The summed E-state index contributed by atoms with van der Waals surface area (Å²) >= 11 is 0. The third-order valence-electron chi connectivity index (χ3n) is 5.58. The van der Waals surface area contributed by atoms with Gasteiger partial charge in [-0.25, -0.2) is 0 Å². The van der Waals surface area contributed by atoms with E-state index in [2.05, 4.69) is 24.4 Å². The van der Waals surface area contributed by atoms with E-state index in [4.69, 9.17) is 4.74 Å². The number of hydrogen-bond donors (Lipinski definition) is 1. The van der Waals surface area contributed by atoms with Crippen molar-refractivity contribution in [2.24, 2.45) is 0 Å². The molecule has 1 atom stereocenters. The minimum absolute atomic E-state index is 0.0466. The molecule has 30 heavy (non-hydrogen) atoms. The zero-order chi connectivity index (χ0) is 21.1. The Bertz CT molecular complexity index is 1010. The number of anilines is 1. The minimum Gasteiger partial charge on any atom is -0.491 e. The second-order valence-corrected chi connectivity index (χ2v) is 8.13. The second kappa shape index (κ2) is 8.23. The van der Waals surface area contributed by atoms with Crippen LogP contribution in [0.5, 0.6) is 5.75 Å². The van der Waals surface area contributed by atoms with Gasteiger partial charge in [0, 0.05) is 12.2 Å². The summed E-state index contributed by atoms with van der Waals surface area (Å²) < 4.78 is 5.80. The van der Waals surface area contributed by atoms with Crippen LogP contribution in [0.25, 0.3) is 0 Å². The Morgan fingerprint density at radius 2 is 1.60 bits per heavy atom. The lowest BCUT2D eigenvalue weighted by molar-refractivity contribution is 0.0539. The lowest BCUT2D eigenvalue weighted by Crippen LogP contribution is -2.56. The molecular weight excluding hydrogens is 372 g/mol. The summed E-state index contributed by atoms with van der Waals surface area (Å²) in [6.07, 6.45) is 0.913. The molecule has 4 rings (SSSR count). The predicted octanol–water partition coefficient (Wildman–Crippen LogP) is 5.46. The van der Waals surface area contributed by atoms with E-state index >= 15 is 0 Å². The number of rotatable bonds is 6. The monoisotopic (exact) mass is 400 g/mol. The highest BCUT2D eigenvalue weighted by molar-refractivity contribution is 6.02. The van der Waals surface area contributed by atoms with E-state index in [0.29, 0.717) is 12.1 Å². The van der Waals surface area contributed by atoms with Crippen LogP contribution in [-0.4, -0.2) is 23.5 Å². The quantitative estimate of drug-likeness (QED) is 0.598. The molecule has 4 heteroatoms. The molecule has 0 saturated heterocycles. The fourth-order valence-electron chi connectivity index (χ4n) is 4.03. The standard InChI is InChI=1S/C26H28N2O2/c1-19(2)30-22-15-13-21(14-16-22)26(3)27-24-12-8-7-11-23(24)25(29)28(26)18-17-20-9-5-4-6-10-20/h4-16,19,27H,17-18H2,1-3H3. The van der Waals surface area contributed by atoms with Gasteiger partial charge in [0.15, 0.2) is 0 Å². The summed E-state index contributed by atoms with van der Waals surface area (Å²) in [4.78, 5) is 15.4. The smallest absolute Gasteiger partial charge is 0.258 e. The van der Waals surface area contributed by atoms with Gasteiger partial charge in [-0.1, -0.05) is 54.6 Å². The Morgan fingerprint density at radius 3 is 2.30 bits per heavy atom. The van der Waals surface area contributed by atoms with Crippen LogP contribution in [0, 0.1) is 0 Å². The molecule has 0 spiro atoms. The van der Waals surface area contributed by atoms with Crippen molar-refractivity contribution >= 4 is 11.6 Å². The number of ether oxygens (including phenoxy) is 1. The van der Waals surface area contributed by atoms with Crippen LogP contribution in [-0.2, 0) is 12.1 Å². The zero-order valence-corrected chi connectivity index (χ0v) is 17.8. The van der Waals surface area contributed by atoms with Crippen LogP contribution in [0.3, 0.4) is 0 Å². The summed E-state index contributed by atoms with van der Waals surface area (Å²) in [7, 11) is 0. The van der Waals surface area contributed by atoms with Gasteiger partial charge in [0.05, 0.1) is 11.7 Å². The van der Waals surface area contributed by atoms with Gasteiger partial charge in [0.1, 0.15) is 11.4 Å². The maximum Gasteiger partial charge on any atom is 0.258 e. The van der Waals surface area contributed by atoms with Gasteiger partial charge in [-0.05, 0) is 62.6 Å². The SMILES string of the molecule is CC(C)Oc1ccc(C2(C)Nc3ccccc3C(=O)N2CCc2ccccc2)cc1. The first-order chi connectivity index (χ1) is 14.5. The number of amides is 1. The Balaban J connectivity index is 1.69. The molecule has 1 amide bonds. The summed E-state index contributed by atoms with van der Waals surface area (Å²) in [5.74, 6) is 0.876. The number of hydrogen-bond acceptors (Lipinski definition) is 3. The van der Waals surface area contributed by atoms with E-state index < -0.39 is 5.66 Å². The Morgan fingerprint density at radius 1 is 0.933 bits per heavy atom. The Hall–Kier alpha value is -3.27. The Labute approximate surface area is 178 Å². The first-order valence-electron chi connectivity index (χ1n) is 10.5. The number of para-hydroxylation sites is 1. The number of nitrogens with zero attached hydrogens (tertiary/aromatic N) is 1. The van der Waals surface area contributed by atoms with Gasteiger partial charge in [0.25, 0.3) is 5.91 Å². The van der Waals surface area contributed by atoms with Crippen LogP contribution in [0.2, 0.25) is 0 Å². The van der Waals surface area contributed by atoms with Crippen LogP contribution in [0.1, 0.15) is 42.3 Å². The fourth-order valence-corrected chi connectivity index (χ4v) is 4.03. The van der Waals surface area contributed by atoms with E-state index in [1.165, 1.54) is 5.56 Å². The van der Waals surface area contributed by atoms with Crippen molar-refractivity contribution in [3.63, 3.8) is 0 Å². The van der Waals surface area contributed by atoms with Crippen LogP contribution in [0.4, 0.5) is 5.69 Å². The van der Waals surface area contributed by atoms with Gasteiger partial charge in [-0.3, -0.25) is 4.79 Å².